The van der Waals surface area contributed by atoms with Crippen LogP contribution in [0.5, 0.6) is 0 Å². The van der Waals surface area contributed by atoms with Crippen LogP contribution in [0.15, 0.2) is 9.59 Å². The lowest BCUT2D eigenvalue weighted by atomic mass is 10.1. The number of nitrogens with zero attached hydrogens (tertiary/aromatic N) is 3. The highest BCUT2D eigenvalue weighted by atomic mass is 16.2. The molecule has 1 amide bonds. The zero-order valence-corrected chi connectivity index (χ0v) is 10.1. The third-order valence-corrected chi connectivity index (χ3v) is 2.37. The first kappa shape index (κ1) is 12.9. The van der Waals surface area contributed by atoms with Crippen LogP contribution in [-0.2, 0) is 18.9 Å². The Bertz CT molecular complexity index is 569. The Kier molecular flexibility index (Phi) is 3.08. The molecular weight excluding hydrogens is 226 g/mol. The monoisotopic (exact) mass is 241 g/mol. The summed E-state index contributed by atoms with van der Waals surface area (Å²) >= 11 is 0. The number of carbonyl (C=O) groups excluding carboxylic acids is 1. The molecule has 94 valence electrons. The molecule has 0 bridgehead atoms. The number of hydrogen-bond donors (Lipinski definition) is 2. The average Bonchev–Trinajstić information content (AvgIpc) is 2.22. The average molecular weight is 241 g/mol. The maximum Gasteiger partial charge on any atom is 0.346 e. The van der Waals surface area contributed by atoms with Crippen LogP contribution in [0.2, 0.25) is 0 Å². The van der Waals surface area contributed by atoms with E-state index in [1.807, 2.05) is 0 Å². The molecule has 0 spiro atoms. The normalized spacial score (nSPS) is 11.3. The lowest BCUT2D eigenvalue weighted by molar-refractivity contribution is -0.121. The summed E-state index contributed by atoms with van der Waals surface area (Å²) < 4.78 is 1.90. The quantitative estimate of drug-likeness (QED) is 0.645. The van der Waals surface area contributed by atoms with Gasteiger partial charge in [-0.3, -0.25) is 14.2 Å². The van der Waals surface area contributed by atoms with Gasteiger partial charge in [0, 0.05) is 14.1 Å². The van der Waals surface area contributed by atoms with Crippen molar-refractivity contribution in [3.63, 3.8) is 0 Å². The van der Waals surface area contributed by atoms with Gasteiger partial charge in [0.1, 0.15) is 5.54 Å². The highest BCUT2D eigenvalue weighted by Gasteiger charge is 2.26. The smallest absolute Gasteiger partial charge is 0.346 e. The van der Waals surface area contributed by atoms with Crippen molar-refractivity contribution in [3.8, 4) is 0 Å². The number of rotatable bonds is 3. The van der Waals surface area contributed by atoms with Gasteiger partial charge in [0.15, 0.2) is 0 Å². The van der Waals surface area contributed by atoms with Crippen LogP contribution in [0, 0.1) is 0 Å². The number of hydrogen-bond acceptors (Lipinski definition) is 5. The second-order valence-corrected chi connectivity index (χ2v) is 4.23. The molecule has 1 heterocycles. The van der Waals surface area contributed by atoms with Crippen molar-refractivity contribution in [1.29, 1.82) is 0 Å². The maximum absolute atomic E-state index is 11.7. The van der Waals surface area contributed by atoms with Gasteiger partial charge in [-0.1, -0.05) is 0 Å². The third-order valence-electron chi connectivity index (χ3n) is 2.37. The van der Waals surface area contributed by atoms with Crippen LogP contribution in [0.1, 0.15) is 13.8 Å². The minimum absolute atomic E-state index is 0.0987. The van der Waals surface area contributed by atoms with Gasteiger partial charge >= 0.3 is 5.69 Å². The van der Waals surface area contributed by atoms with Gasteiger partial charge in [0.25, 0.3) is 5.56 Å². The molecule has 0 fully saturated rings. The molecule has 0 radical (unpaired) electrons. The second kappa shape index (κ2) is 4.04. The molecule has 0 aliphatic heterocycles. The maximum atomic E-state index is 11.7. The molecule has 1 rings (SSSR count). The minimum atomic E-state index is -1.13. The number of primary amides is 1. The zero-order chi connectivity index (χ0) is 13.4. The highest BCUT2D eigenvalue weighted by Crippen LogP contribution is 2.07. The van der Waals surface area contributed by atoms with E-state index in [1.165, 1.54) is 27.9 Å². The third kappa shape index (κ3) is 2.35. The summed E-state index contributed by atoms with van der Waals surface area (Å²) in [6, 6.07) is 0. The predicted octanol–water partition coefficient (Wildman–Crippen LogP) is -1.85. The van der Waals surface area contributed by atoms with Crippen molar-refractivity contribution in [2.45, 2.75) is 19.4 Å². The Morgan fingerprint density at radius 3 is 2.35 bits per heavy atom. The Labute approximate surface area is 97.0 Å². The largest absolute Gasteiger partial charge is 0.368 e. The standard InChI is InChI=1S/C9H15N5O3/c1-9(2,7(10)16)11-5-6(15)13(3)8(17)14(4)12-5/h1-4H3,(H2,10,16)(H,11,12). The van der Waals surface area contributed by atoms with Gasteiger partial charge in [-0.25, -0.2) is 9.48 Å². The van der Waals surface area contributed by atoms with Crippen LogP contribution in [0.4, 0.5) is 5.82 Å². The van der Waals surface area contributed by atoms with Gasteiger partial charge < -0.3 is 11.1 Å². The molecular formula is C9H15N5O3. The van der Waals surface area contributed by atoms with E-state index >= 15 is 0 Å². The Hall–Kier alpha value is -2.12. The highest BCUT2D eigenvalue weighted by molar-refractivity contribution is 5.86. The van der Waals surface area contributed by atoms with Crippen LogP contribution in [-0.4, -0.2) is 25.8 Å². The van der Waals surface area contributed by atoms with Crippen LogP contribution >= 0.6 is 0 Å². The number of nitrogens with one attached hydrogen (secondary N) is 1. The number of amides is 1. The van der Waals surface area contributed by atoms with Gasteiger partial charge in [0.05, 0.1) is 0 Å². The Morgan fingerprint density at radius 2 is 1.88 bits per heavy atom. The first-order valence-electron chi connectivity index (χ1n) is 4.89. The zero-order valence-electron chi connectivity index (χ0n) is 10.1. The van der Waals surface area contributed by atoms with Gasteiger partial charge in [0.2, 0.25) is 11.7 Å². The van der Waals surface area contributed by atoms with E-state index in [0.717, 1.165) is 9.25 Å². The van der Waals surface area contributed by atoms with Crippen molar-refractivity contribution in [2.75, 3.05) is 5.32 Å². The van der Waals surface area contributed by atoms with E-state index in [0.29, 0.717) is 0 Å². The summed E-state index contributed by atoms with van der Waals surface area (Å²) in [5, 5.41) is 6.37. The number of aromatic nitrogens is 3. The molecule has 0 saturated carbocycles. The molecule has 0 unspecified atom stereocenters. The van der Waals surface area contributed by atoms with Crippen LogP contribution in [0.25, 0.3) is 0 Å². The van der Waals surface area contributed by atoms with E-state index in [-0.39, 0.29) is 5.82 Å². The summed E-state index contributed by atoms with van der Waals surface area (Å²) in [4.78, 5) is 34.2. The summed E-state index contributed by atoms with van der Waals surface area (Å²) in [6.45, 7) is 3.03. The number of nitrogens with two attached hydrogens (primary N) is 1. The fraction of sp³-hybridized carbons (Fsp3) is 0.556. The van der Waals surface area contributed by atoms with E-state index < -0.39 is 22.7 Å². The van der Waals surface area contributed by atoms with Crippen LogP contribution < -0.4 is 22.3 Å². The molecule has 0 aromatic carbocycles. The van der Waals surface area contributed by atoms with Gasteiger partial charge in [-0.15, -0.1) is 5.10 Å². The second-order valence-electron chi connectivity index (χ2n) is 4.23. The summed E-state index contributed by atoms with van der Waals surface area (Å²) in [5.74, 6) is -0.728. The lowest BCUT2D eigenvalue weighted by Gasteiger charge is -2.22. The molecule has 0 aliphatic rings. The molecule has 1 aromatic rings. The van der Waals surface area contributed by atoms with E-state index in [4.69, 9.17) is 5.73 Å². The van der Waals surface area contributed by atoms with Crippen molar-refractivity contribution >= 4 is 11.7 Å². The molecule has 1 aromatic heterocycles. The number of aryl methyl sites for hydroxylation is 1. The van der Waals surface area contributed by atoms with E-state index in [1.54, 1.807) is 0 Å². The SMILES string of the molecule is Cn1nc(NC(C)(C)C(N)=O)c(=O)n(C)c1=O. The summed E-state index contributed by atoms with van der Waals surface area (Å²) in [5.41, 5.74) is 2.89. The summed E-state index contributed by atoms with van der Waals surface area (Å²) in [7, 11) is 2.74. The molecule has 8 heteroatoms. The Morgan fingerprint density at radius 1 is 1.35 bits per heavy atom. The topological polar surface area (TPSA) is 112 Å². The van der Waals surface area contributed by atoms with Gasteiger partial charge in [-0.2, -0.15) is 0 Å². The van der Waals surface area contributed by atoms with Crippen molar-refractivity contribution in [1.82, 2.24) is 14.3 Å². The van der Waals surface area contributed by atoms with Gasteiger partial charge in [-0.05, 0) is 13.8 Å². The van der Waals surface area contributed by atoms with Crippen molar-refractivity contribution in [2.24, 2.45) is 19.8 Å². The lowest BCUT2D eigenvalue weighted by Crippen LogP contribution is -2.49. The van der Waals surface area contributed by atoms with Crippen molar-refractivity contribution < 1.29 is 4.79 Å². The first-order chi connectivity index (χ1) is 7.66. The Balaban J connectivity index is 3.32. The van der Waals surface area contributed by atoms with Crippen LogP contribution in [0.3, 0.4) is 0 Å². The van der Waals surface area contributed by atoms with E-state index in [2.05, 4.69) is 10.4 Å². The minimum Gasteiger partial charge on any atom is -0.368 e. The van der Waals surface area contributed by atoms with Crippen molar-refractivity contribution in [3.05, 3.63) is 20.8 Å². The molecule has 8 nitrogen and oxygen atoms in total. The fourth-order valence-corrected chi connectivity index (χ4v) is 1.13. The molecule has 0 saturated heterocycles. The number of anilines is 1. The molecule has 17 heavy (non-hydrogen) atoms. The molecule has 3 N–H and O–H groups in total. The predicted molar refractivity (Wildman–Crippen MR) is 61.6 cm³/mol. The molecule has 0 atom stereocenters. The summed E-state index contributed by atoms with van der Waals surface area (Å²) in [6.07, 6.45) is 0. The van der Waals surface area contributed by atoms with E-state index in [9.17, 15) is 14.4 Å². The number of carbonyl (C=O) groups is 1. The fourth-order valence-electron chi connectivity index (χ4n) is 1.13. The first-order valence-corrected chi connectivity index (χ1v) is 4.89. The molecule has 0 aliphatic carbocycles.